The molecule has 0 bridgehead atoms. The molecule has 0 atom stereocenters. The van der Waals surface area contributed by atoms with E-state index >= 15 is 0 Å². The Labute approximate surface area is 151 Å². The zero-order chi connectivity index (χ0) is 19.0. The third kappa shape index (κ3) is 4.36. The van der Waals surface area contributed by atoms with Gasteiger partial charge in [-0.25, -0.2) is 4.79 Å². The summed E-state index contributed by atoms with van der Waals surface area (Å²) in [5.74, 6) is 0. The van der Waals surface area contributed by atoms with Crippen LogP contribution in [0.15, 0.2) is 24.3 Å². The Morgan fingerprint density at radius 2 is 1.56 bits per heavy atom. The standard InChI is InChI=1S/C19H30BNO4/c1-9-21(16(22)23-17(2,3)4)15-12-10-14(11-13-15)20-24-18(5,6)19(7,8)25-20/h10-13H,9H2,1-8H3. The second-order valence-corrected chi connectivity index (χ2v) is 8.40. The first kappa shape index (κ1) is 19.8. The van der Waals surface area contributed by atoms with Gasteiger partial charge >= 0.3 is 13.2 Å². The summed E-state index contributed by atoms with van der Waals surface area (Å²) in [4.78, 5) is 14.0. The molecule has 0 saturated carbocycles. The highest BCUT2D eigenvalue weighted by Crippen LogP contribution is 2.36. The van der Waals surface area contributed by atoms with Crippen molar-refractivity contribution < 1.29 is 18.8 Å². The van der Waals surface area contributed by atoms with Gasteiger partial charge in [0.2, 0.25) is 0 Å². The van der Waals surface area contributed by atoms with Crippen molar-refractivity contribution in [2.45, 2.75) is 72.2 Å². The third-order valence-corrected chi connectivity index (χ3v) is 4.66. The van der Waals surface area contributed by atoms with Crippen molar-refractivity contribution in [1.82, 2.24) is 0 Å². The quantitative estimate of drug-likeness (QED) is 0.782. The highest BCUT2D eigenvalue weighted by atomic mass is 16.7. The lowest BCUT2D eigenvalue weighted by atomic mass is 9.79. The molecule has 1 heterocycles. The zero-order valence-corrected chi connectivity index (χ0v) is 16.7. The van der Waals surface area contributed by atoms with Crippen molar-refractivity contribution in [2.75, 3.05) is 11.4 Å². The Hall–Kier alpha value is -1.53. The monoisotopic (exact) mass is 347 g/mol. The Morgan fingerprint density at radius 1 is 1.08 bits per heavy atom. The Bertz CT molecular complexity index is 603. The molecule has 2 rings (SSSR count). The molecule has 0 spiro atoms. The number of hydrogen-bond donors (Lipinski definition) is 0. The fraction of sp³-hybridized carbons (Fsp3) is 0.632. The number of benzene rings is 1. The molecule has 1 saturated heterocycles. The van der Waals surface area contributed by atoms with Crippen molar-refractivity contribution in [3.63, 3.8) is 0 Å². The van der Waals surface area contributed by atoms with Crippen LogP contribution in [0, 0.1) is 0 Å². The number of anilines is 1. The van der Waals surface area contributed by atoms with E-state index in [1.165, 1.54) is 0 Å². The van der Waals surface area contributed by atoms with Gasteiger partial charge in [0.25, 0.3) is 0 Å². The van der Waals surface area contributed by atoms with Crippen LogP contribution in [0.2, 0.25) is 0 Å². The molecule has 0 N–H and O–H groups in total. The topological polar surface area (TPSA) is 48.0 Å². The summed E-state index contributed by atoms with van der Waals surface area (Å²) in [6.45, 7) is 16.2. The van der Waals surface area contributed by atoms with Gasteiger partial charge < -0.3 is 14.0 Å². The molecule has 1 fully saturated rings. The molecule has 1 aromatic rings. The number of nitrogens with zero attached hydrogens (tertiary/aromatic N) is 1. The maximum absolute atomic E-state index is 12.4. The third-order valence-electron chi connectivity index (χ3n) is 4.66. The Morgan fingerprint density at radius 3 is 1.96 bits per heavy atom. The maximum atomic E-state index is 12.4. The van der Waals surface area contributed by atoms with Crippen LogP contribution in [0.4, 0.5) is 10.5 Å². The predicted octanol–water partition coefficient (Wildman–Crippen LogP) is 3.75. The second-order valence-electron chi connectivity index (χ2n) is 8.40. The van der Waals surface area contributed by atoms with E-state index in [0.717, 1.165) is 11.2 Å². The summed E-state index contributed by atoms with van der Waals surface area (Å²) in [6.07, 6.45) is -0.349. The molecule has 1 aliphatic rings. The minimum absolute atomic E-state index is 0.349. The van der Waals surface area contributed by atoms with Crippen LogP contribution >= 0.6 is 0 Å². The lowest BCUT2D eigenvalue weighted by molar-refractivity contribution is 0.00578. The van der Waals surface area contributed by atoms with E-state index in [1.54, 1.807) is 4.90 Å². The number of hydrogen-bond acceptors (Lipinski definition) is 4. The van der Waals surface area contributed by atoms with E-state index in [-0.39, 0.29) is 17.3 Å². The molecule has 1 amide bonds. The summed E-state index contributed by atoms with van der Waals surface area (Å²) < 4.78 is 17.6. The highest BCUT2D eigenvalue weighted by Gasteiger charge is 2.51. The van der Waals surface area contributed by atoms with Gasteiger partial charge in [0.05, 0.1) is 11.2 Å². The molecule has 0 unspecified atom stereocenters. The first-order chi connectivity index (χ1) is 11.4. The largest absolute Gasteiger partial charge is 0.494 e. The molecule has 6 heteroatoms. The minimum atomic E-state index is -0.521. The number of carbonyl (C=O) groups excluding carboxylic acids is 1. The normalized spacial score (nSPS) is 19.0. The van der Waals surface area contributed by atoms with Gasteiger partial charge in [-0.3, -0.25) is 4.90 Å². The van der Waals surface area contributed by atoms with Crippen molar-refractivity contribution >= 4 is 24.4 Å². The van der Waals surface area contributed by atoms with Crippen LogP contribution in [0.25, 0.3) is 0 Å². The fourth-order valence-electron chi connectivity index (χ4n) is 2.52. The van der Waals surface area contributed by atoms with Crippen LogP contribution in [0.3, 0.4) is 0 Å². The SMILES string of the molecule is CCN(C(=O)OC(C)(C)C)c1ccc(B2OC(C)(C)C(C)(C)O2)cc1. The molecule has 1 aliphatic heterocycles. The van der Waals surface area contributed by atoms with Gasteiger partial charge in [-0.2, -0.15) is 0 Å². The molecule has 0 radical (unpaired) electrons. The fourth-order valence-corrected chi connectivity index (χ4v) is 2.52. The van der Waals surface area contributed by atoms with E-state index in [2.05, 4.69) is 0 Å². The average molecular weight is 347 g/mol. The van der Waals surface area contributed by atoms with Crippen molar-refractivity contribution in [1.29, 1.82) is 0 Å². The smallest absolute Gasteiger partial charge is 0.443 e. The Balaban J connectivity index is 2.15. The molecule has 5 nitrogen and oxygen atoms in total. The van der Waals surface area contributed by atoms with E-state index in [9.17, 15) is 4.79 Å². The lowest BCUT2D eigenvalue weighted by Gasteiger charge is -2.32. The first-order valence-electron chi connectivity index (χ1n) is 8.82. The number of carbonyl (C=O) groups is 1. The van der Waals surface area contributed by atoms with Gasteiger partial charge in [-0.05, 0) is 73.0 Å². The number of amides is 1. The molecular formula is C19H30BNO4. The minimum Gasteiger partial charge on any atom is -0.443 e. The van der Waals surface area contributed by atoms with Crippen LogP contribution in [0.5, 0.6) is 0 Å². The summed E-state index contributed by atoms with van der Waals surface area (Å²) in [5.41, 5.74) is 0.456. The molecule has 1 aromatic carbocycles. The van der Waals surface area contributed by atoms with E-state index in [1.807, 2.05) is 79.7 Å². The van der Waals surface area contributed by atoms with Crippen molar-refractivity contribution in [3.05, 3.63) is 24.3 Å². The van der Waals surface area contributed by atoms with Crippen LogP contribution < -0.4 is 10.4 Å². The van der Waals surface area contributed by atoms with Crippen LogP contribution in [-0.4, -0.2) is 36.6 Å². The van der Waals surface area contributed by atoms with Gasteiger partial charge in [0.1, 0.15) is 5.60 Å². The maximum Gasteiger partial charge on any atom is 0.494 e. The second kappa shape index (κ2) is 6.65. The molecule has 25 heavy (non-hydrogen) atoms. The molecule has 138 valence electrons. The van der Waals surface area contributed by atoms with Crippen molar-refractivity contribution in [2.24, 2.45) is 0 Å². The van der Waals surface area contributed by atoms with Crippen molar-refractivity contribution in [3.8, 4) is 0 Å². The predicted molar refractivity (Wildman–Crippen MR) is 101 cm³/mol. The lowest BCUT2D eigenvalue weighted by Crippen LogP contribution is -2.41. The van der Waals surface area contributed by atoms with Gasteiger partial charge in [0.15, 0.2) is 0 Å². The summed E-state index contributed by atoms with van der Waals surface area (Å²) in [6, 6.07) is 7.66. The Kier molecular flexibility index (Phi) is 5.27. The zero-order valence-electron chi connectivity index (χ0n) is 16.7. The summed E-state index contributed by atoms with van der Waals surface area (Å²) in [5, 5.41) is 0. The first-order valence-corrected chi connectivity index (χ1v) is 8.82. The van der Waals surface area contributed by atoms with E-state index in [4.69, 9.17) is 14.0 Å². The van der Waals surface area contributed by atoms with Gasteiger partial charge in [-0.15, -0.1) is 0 Å². The highest BCUT2D eigenvalue weighted by molar-refractivity contribution is 6.62. The molecule has 0 aromatic heterocycles. The summed E-state index contributed by atoms with van der Waals surface area (Å²) in [7, 11) is -0.407. The van der Waals surface area contributed by atoms with Crippen LogP contribution in [-0.2, 0) is 14.0 Å². The number of rotatable bonds is 3. The van der Waals surface area contributed by atoms with Gasteiger partial charge in [-0.1, -0.05) is 12.1 Å². The van der Waals surface area contributed by atoms with E-state index < -0.39 is 12.7 Å². The molecule has 0 aliphatic carbocycles. The summed E-state index contributed by atoms with van der Waals surface area (Å²) >= 11 is 0. The van der Waals surface area contributed by atoms with Gasteiger partial charge in [0, 0.05) is 12.2 Å². The van der Waals surface area contributed by atoms with Crippen LogP contribution in [0.1, 0.15) is 55.4 Å². The van der Waals surface area contributed by atoms with E-state index in [0.29, 0.717) is 6.54 Å². The average Bonchev–Trinajstić information content (AvgIpc) is 2.67. The number of ether oxygens (including phenoxy) is 1. The molecular weight excluding hydrogens is 317 g/mol.